The van der Waals surface area contributed by atoms with E-state index in [1.807, 2.05) is 18.9 Å². The molecule has 0 spiro atoms. The van der Waals surface area contributed by atoms with E-state index in [0.29, 0.717) is 0 Å². The Balaban J connectivity index is 0.000000184. The second-order valence-electron chi connectivity index (χ2n) is 5.75. The summed E-state index contributed by atoms with van der Waals surface area (Å²) in [6.45, 7) is 2.00. The molecule has 0 fully saturated rings. The molecule has 140 valence electrons. The summed E-state index contributed by atoms with van der Waals surface area (Å²) in [6.07, 6.45) is 0. The largest absolute Gasteiger partial charge is 0.307 e. The highest BCUT2D eigenvalue weighted by atomic mass is 79.9. The van der Waals surface area contributed by atoms with Gasteiger partial charge >= 0.3 is 0 Å². The van der Waals surface area contributed by atoms with Crippen molar-refractivity contribution in [2.24, 2.45) is 0 Å². The van der Waals surface area contributed by atoms with Gasteiger partial charge in [0.15, 0.2) is 0 Å². The van der Waals surface area contributed by atoms with Crippen LogP contribution in [0.15, 0.2) is 118 Å². The van der Waals surface area contributed by atoms with Crippen LogP contribution in [0.3, 0.4) is 0 Å². The molecule has 0 unspecified atom stereocenters. The summed E-state index contributed by atoms with van der Waals surface area (Å²) >= 11 is 6.84. The van der Waals surface area contributed by atoms with Crippen molar-refractivity contribution in [1.29, 1.82) is 0 Å². The minimum absolute atomic E-state index is 1.12. The number of hydrogen-bond acceptors (Lipinski definition) is 1. The van der Waals surface area contributed by atoms with Gasteiger partial charge in [0.25, 0.3) is 0 Å². The van der Waals surface area contributed by atoms with Crippen LogP contribution in [-0.2, 0) is 4.79 Å². The molecule has 0 aliphatic heterocycles. The zero-order chi connectivity index (χ0) is 20.2. The van der Waals surface area contributed by atoms with Crippen LogP contribution in [-0.4, -0.2) is 6.79 Å². The zero-order valence-corrected chi connectivity index (χ0v) is 18.4. The summed E-state index contributed by atoms with van der Waals surface area (Å²) in [5.74, 6) is 0. The fourth-order valence-electron chi connectivity index (χ4n) is 2.55. The molecule has 0 bridgehead atoms. The van der Waals surface area contributed by atoms with Gasteiger partial charge in [0.1, 0.15) is 6.79 Å². The number of carbonyl (C=O) groups is 1. The topological polar surface area (TPSA) is 17.1 Å². The Morgan fingerprint density at radius 3 is 0.929 bits per heavy atom. The van der Waals surface area contributed by atoms with Gasteiger partial charge in [-0.15, -0.1) is 0 Å². The van der Waals surface area contributed by atoms with E-state index in [1.165, 1.54) is 22.3 Å². The smallest absolute Gasteiger partial charge is 0.106 e. The second-order valence-corrected chi connectivity index (χ2v) is 7.58. The monoisotopic (exact) mass is 494 g/mol. The highest BCUT2D eigenvalue weighted by Gasteiger charge is 1.95. The van der Waals surface area contributed by atoms with E-state index in [2.05, 4.69) is 129 Å². The first-order valence-electron chi connectivity index (χ1n) is 8.63. The van der Waals surface area contributed by atoms with Crippen molar-refractivity contribution in [3.05, 3.63) is 118 Å². The van der Waals surface area contributed by atoms with Gasteiger partial charge in [0.05, 0.1) is 0 Å². The van der Waals surface area contributed by atoms with Crippen molar-refractivity contribution in [3.8, 4) is 22.3 Å². The van der Waals surface area contributed by atoms with Crippen molar-refractivity contribution < 1.29 is 4.79 Å². The molecule has 4 aromatic rings. The van der Waals surface area contributed by atoms with E-state index in [1.54, 1.807) is 0 Å². The maximum absolute atomic E-state index is 8.00. The number of benzene rings is 4. The minimum Gasteiger partial charge on any atom is -0.307 e. The Bertz CT molecular complexity index is 854. The van der Waals surface area contributed by atoms with Gasteiger partial charge < -0.3 is 4.79 Å². The lowest BCUT2D eigenvalue weighted by Crippen LogP contribution is -1.75. The van der Waals surface area contributed by atoms with Crippen LogP contribution >= 0.6 is 31.9 Å². The molecule has 0 aliphatic carbocycles. The van der Waals surface area contributed by atoms with Crippen LogP contribution in [0.4, 0.5) is 0 Å². The molecule has 3 heteroatoms. The van der Waals surface area contributed by atoms with Crippen molar-refractivity contribution in [1.82, 2.24) is 0 Å². The predicted molar refractivity (Wildman–Crippen MR) is 126 cm³/mol. The van der Waals surface area contributed by atoms with Gasteiger partial charge in [-0.3, -0.25) is 0 Å². The Morgan fingerprint density at radius 1 is 0.393 bits per heavy atom. The summed E-state index contributed by atoms with van der Waals surface area (Å²) in [7, 11) is 0. The molecule has 1 nitrogen and oxygen atoms in total. The third kappa shape index (κ3) is 6.91. The molecule has 0 aliphatic rings. The molecule has 28 heavy (non-hydrogen) atoms. The lowest BCUT2D eigenvalue weighted by atomic mass is 10.1. The summed E-state index contributed by atoms with van der Waals surface area (Å²) in [4.78, 5) is 8.00. The Labute approximate surface area is 183 Å². The van der Waals surface area contributed by atoms with E-state index >= 15 is 0 Å². The molecule has 4 aromatic carbocycles. The third-order valence-electron chi connectivity index (χ3n) is 3.90. The fourth-order valence-corrected chi connectivity index (χ4v) is 3.07. The fraction of sp³-hybridized carbons (Fsp3) is 0. The normalized spacial score (nSPS) is 9.36. The van der Waals surface area contributed by atoms with Crippen molar-refractivity contribution >= 4 is 38.6 Å². The summed E-state index contributed by atoms with van der Waals surface area (Å²) in [6, 6.07) is 37.4. The quantitative estimate of drug-likeness (QED) is 0.275. The maximum atomic E-state index is 8.00. The van der Waals surface area contributed by atoms with Gasteiger partial charge in [-0.2, -0.15) is 0 Å². The number of halogens is 2. The first-order chi connectivity index (χ1) is 13.7. The van der Waals surface area contributed by atoms with Gasteiger partial charge in [0.2, 0.25) is 0 Å². The molecule has 0 N–H and O–H groups in total. The van der Waals surface area contributed by atoms with Crippen LogP contribution < -0.4 is 0 Å². The van der Waals surface area contributed by atoms with Gasteiger partial charge in [-0.25, -0.2) is 0 Å². The highest BCUT2D eigenvalue weighted by Crippen LogP contribution is 2.21. The van der Waals surface area contributed by atoms with E-state index < -0.39 is 0 Å². The molecular weight excluding hydrogens is 476 g/mol. The average molecular weight is 496 g/mol. The van der Waals surface area contributed by atoms with Gasteiger partial charge in [-0.05, 0) is 46.5 Å². The summed E-state index contributed by atoms with van der Waals surface area (Å²) in [5.41, 5.74) is 5.03. The van der Waals surface area contributed by atoms with Crippen LogP contribution in [0, 0.1) is 0 Å². The Hall–Kier alpha value is -2.49. The molecule has 0 atom stereocenters. The Morgan fingerprint density at radius 2 is 0.643 bits per heavy atom. The number of rotatable bonds is 2. The molecule has 0 saturated carbocycles. The molecule has 0 heterocycles. The van der Waals surface area contributed by atoms with Gasteiger partial charge in [-0.1, -0.05) is 117 Å². The predicted octanol–water partition coefficient (Wildman–Crippen LogP) is 8.05. The highest BCUT2D eigenvalue weighted by molar-refractivity contribution is 9.10. The second kappa shape index (κ2) is 12.1. The molecular formula is C25H20Br2O. The van der Waals surface area contributed by atoms with Crippen molar-refractivity contribution in [3.63, 3.8) is 0 Å². The summed E-state index contributed by atoms with van der Waals surface area (Å²) < 4.78 is 2.24. The van der Waals surface area contributed by atoms with E-state index in [4.69, 9.17) is 4.79 Å². The van der Waals surface area contributed by atoms with Gasteiger partial charge in [0, 0.05) is 8.95 Å². The SMILES string of the molecule is Brc1ccc(-c2ccccc2)cc1.Brc1ccc(-c2ccccc2)cc1.C=O. The van der Waals surface area contributed by atoms with Crippen molar-refractivity contribution in [2.75, 3.05) is 0 Å². The van der Waals surface area contributed by atoms with Crippen LogP contribution in [0.5, 0.6) is 0 Å². The number of carbonyl (C=O) groups excluding carboxylic acids is 1. The van der Waals surface area contributed by atoms with E-state index in [9.17, 15) is 0 Å². The zero-order valence-electron chi connectivity index (χ0n) is 15.3. The maximum Gasteiger partial charge on any atom is 0.106 e. The van der Waals surface area contributed by atoms with Crippen LogP contribution in [0.1, 0.15) is 0 Å². The first-order valence-corrected chi connectivity index (χ1v) is 10.2. The lowest BCUT2D eigenvalue weighted by Gasteiger charge is -2.00. The standard InChI is InChI=1S/2C12H9Br.CH2O/c2*13-12-8-6-11(7-9-12)10-4-2-1-3-5-10;1-2/h2*1-9H;1H2. The third-order valence-corrected chi connectivity index (χ3v) is 4.96. The molecule has 4 rings (SSSR count). The van der Waals surface area contributed by atoms with E-state index in [-0.39, 0.29) is 0 Å². The molecule has 0 aromatic heterocycles. The molecule has 0 radical (unpaired) electrons. The minimum atomic E-state index is 1.12. The van der Waals surface area contributed by atoms with Crippen LogP contribution in [0.2, 0.25) is 0 Å². The van der Waals surface area contributed by atoms with Crippen LogP contribution in [0.25, 0.3) is 22.3 Å². The van der Waals surface area contributed by atoms with E-state index in [0.717, 1.165) is 8.95 Å². The summed E-state index contributed by atoms with van der Waals surface area (Å²) in [5, 5.41) is 0. The lowest BCUT2D eigenvalue weighted by molar-refractivity contribution is -0.0979. The molecule has 0 saturated heterocycles. The average Bonchev–Trinajstić information content (AvgIpc) is 2.78. The number of hydrogen-bond donors (Lipinski definition) is 0. The first kappa shape index (κ1) is 21.8. The van der Waals surface area contributed by atoms with Crippen molar-refractivity contribution in [2.45, 2.75) is 0 Å². The molecule has 0 amide bonds. The Kier molecular flexibility index (Phi) is 9.40.